The van der Waals surface area contributed by atoms with E-state index in [1.165, 1.54) is 32.1 Å². The summed E-state index contributed by atoms with van der Waals surface area (Å²) in [6, 6.07) is 7.95. The van der Waals surface area contributed by atoms with E-state index in [2.05, 4.69) is 12.2 Å². The van der Waals surface area contributed by atoms with E-state index in [9.17, 15) is 4.79 Å². The Morgan fingerprint density at radius 2 is 2.05 bits per heavy atom. The number of nitrogens with one attached hydrogen (secondary N) is 1. The summed E-state index contributed by atoms with van der Waals surface area (Å²) in [7, 11) is 0. The van der Waals surface area contributed by atoms with Crippen LogP contribution in [0.4, 0.5) is 5.69 Å². The molecule has 2 rings (SSSR count). The van der Waals surface area contributed by atoms with Crippen molar-refractivity contribution in [2.24, 2.45) is 5.92 Å². The number of hydrogen-bond donors (Lipinski definition) is 2. The largest absolute Gasteiger partial charge is 0.399 e. The van der Waals surface area contributed by atoms with Crippen molar-refractivity contribution in [3.63, 3.8) is 0 Å². The van der Waals surface area contributed by atoms with Crippen LogP contribution in [-0.2, 0) is 11.2 Å². The van der Waals surface area contributed by atoms with Gasteiger partial charge >= 0.3 is 0 Å². The first-order valence-corrected chi connectivity index (χ1v) is 7.83. The van der Waals surface area contributed by atoms with Gasteiger partial charge in [-0.2, -0.15) is 0 Å². The van der Waals surface area contributed by atoms with E-state index >= 15 is 0 Å². The number of nitrogens with two attached hydrogens (primary N) is 1. The average Bonchev–Trinajstić information content (AvgIpc) is 2.86. The molecule has 3 nitrogen and oxygen atoms in total. The quantitative estimate of drug-likeness (QED) is 0.782. The zero-order valence-corrected chi connectivity index (χ0v) is 12.4. The Morgan fingerprint density at radius 3 is 2.75 bits per heavy atom. The van der Waals surface area contributed by atoms with E-state index < -0.39 is 0 Å². The van der Waals surface area contributed by atoms with Gasteiger partial charge < -0.3 is 11.1 Å². The van der Waals surface area contributed by atoms with Gasteiger partial charge in [0.2, 0.25) is 5.91 Å². The van der Waals surface area contributed by atoms with Gasteiger partial charge in [-0.25, -0.2) is 0 Å². The van der Waals surface area contributed by atoms with Crippen LogP contribution in [0.1, 0.15) is 51.0 Å². The fourth-order valence-corrected chi connectivity index (χ4v) is 3.12. The van der Waals surface area contributed by atoms with E-state index in [1.54, 1.807) is 0 Å². The summed E-state index contributed by atoms with van der Waals surface area (Å²) in [6.45, 7) is 2.23. The number of amides is 1. The molecule has 1 amide bonds. The minimum absolute atomic E-state index is 0.142. The van der Waals surface area contributed by atoms with Crippen molar-refractivity contribution in [2.75, 3.05) is 5.73 Å². The summed E-state index contributed by atoms with van der Waals surface area (Å²) in [6.07, 6.45) is 7.88. The molecule has 1 aromatic carbocycles. The Labute approximate surface area is 121 Å². The zero-order valence-electron chi connectivity index (χ0n) is 12.4. The molecule has 0 spiro atoms. The highest BCUT2D eigenvalue weighted by Crippen LogP contribution is 2.29. The Bertz CT molecular complexity index is 427. The third-order valence-corrected chi connectivity index (χ3v) is 4.28. The maximum atomic E-state index is 12.1. The molecule has 1 aromatic rings. The molecule has 2 unspecified atom stereocenters. The SMILES string of the molecule is CCCCC1CCCC1NC(=O)Cc1ccc(N)cc1. The van der Waals surface area contributed by atoms with E-state index in [4.69, 9.17) is 5.73 Å². The van der Waals surface area contributed by atoms with Crippen molar-refractivity contribution in [2.45, 2.75) is 57.9 Å². The van der Waals surface area contributed by atoms with Crippen molar-refractivity contribution in [1.82, 2.24) is 5.32 Å². The Morgan fingerprint density at radius 1 is 1.30 bits per heavy atom. The number of carbonyl (C=O) groups is 1. The normalized spacial score (nSPS) is 21.9. The number of carbonyl (C=O) groups excluding carboxylic acids is 1. The molecule has 3 heteroatoms. The lowest BCUT2D eigenvalue weighted by Crippen LogP contribution is -2.38. The molecule has 3 N–H and O–H groups in total. The maximum absolute atomic E-state index is 12.1. The van der Waals surface area contributed by atoms with Crippen LogP contribution in [0.5, 0.6) is 0 Å². The highest BCUT2D eigenvalue weighted by Gasteiger charge is 2.27. The summed E-state index contributed by atoms with van der Waals surface area (Å²) >= 11 is 0. The molecule has 0 aromatic heterocycles. The summed E-state index contributed by atoms with van der Waals surface area (Å²) < 4.78 is 0. The molecule has 1 aliphatic rings. The molecular formula is C17H26N2O. The van der Waals surface area contributed by atoms with Gasteiger partial charge in [-0.1, -0.05) is 38.3 Å². The van der Waals surface area contributed by atoms with Crippen LogP contribution in [-0.4, -0.2) is 11.9 Å². The molecule has 2 atom stereocenters. The van der Waals surface area contributed by atoms with Gasteiger partial charge in [0.05, 0.1) is 6.42 Å². The molecule has 20 heavy (non-hydrogen) atoms. The second-order valence-corrected chi connectivity index (χ2v) is 5.93. The van der Waals surface area contributed by atoms with Crippen LogP contribution >= 0.6 is 0 Å². The standard InChI is InChI=1S/C17H26N2O/c1-2-3-5-14-6-4-7-16(14)19-17(20)12-13-8-10-15(18)11-9-13/h8-11,14,16H,2-7,12,18H2,1H3,(H,19,20). The van der Waals surface area contributed by atoms with Crippen molar-refractivity contribution in [3.05, 3.63) is 29.8 Å². The molecular weight excluding hydrogens is 248 g/mol. The maximum Gasteiger partial charge on any atom is 0.224 e. The predicted molar refractivity (Wildman–Crippen MR) is 83.4 cm³/mol. The highest BCUT2D eigenvalue weighted by atomic mass is 16.1. The number of benzene rings is 1. The van der Waals surface area contributed by atoms with Gasteiger partial charge in [-0.3, -0.25) is 4.79 Å². The number of hydrogen-bond acceptors (Lipinski definition) is 2. The van der Waals surface area contributed by atoms with Crippen LogP contribution in [0, 0.1) is 5.92 Å². The molecule has 0 radical (unpaired) electrons. The van der Waals surface area contributed by atoms with Crippen molar-refractivity contribution in [3.8, 4) is 0 Å². The van der Waals surface area contributed by atoms with Crippen LogP contribution in [0.3, 0.4) is 0 Å². The molecule has 0 heterocycles. The van der Waals surface area contributed by atoms with Crippen LogP contribution < -0.4 is 11.1 Å². The molecule has 1 fully saturated rings. The molecule has 0 bridgehead atoms. The second kappa shape index (κ2) is 7.32. The summed E-state index contributed by atoms with van der Waals surface area (Å²) in [5, 5.41) is 3.23. The smallest absolute Gasteiger partial charge is 0.224 e. The highest BCUT2D eigenvalue weighted by molar-refractivity contribution is 5.79. The fraction of sp³-hybridized carbons (Fsp3) is 0.588. The first-order valence-electron chi connectivity index (χ1n) is 7.83. The van der Waals surface area contributed by atoms with Crippen LogP contribution in [0.15, 0.2) is 24.3 Å². The molecule has 1 aliphatic carbocycles. The van der Waals surface area contributed by atoms with E-state index in [-0.39, 0.29) is 5.91 Å². The van der Waals surface area contributed by atoms with Gasteiger partial charge in [-0.15, -0.1) is 0 Å². The summed E-state index contributed by atoms with van der Waals surface area (Å²) in [4.78, 5) is 12.1. The Hall–Kier alpha value is -1.51. The van der Waals surface area contributed by atoms with E-state index in [0.29, 0.717) is 18.4 Å². The average molecular weight is 274 g/mol. The molecule has 0 aliphatic heterocycles. The van der Waals surface area contributed by atoms with Crippen LogP contribution in [0.2, 0.25) is 0 Å². The van der Waals surface area contributed by atoms with Crippen LogP contribution in [0.25, 0.3) is 0 Å². The minimum Gasteiger partial charge on any atom is -0.399 e. The van der Waals surface area contributed by atoms with Crippen molar-refractivity contribution >= 4 is 11.6 Å². The lowest BCUT2D eigenvalue weighted by atomic mass is 9.96. The second-order valence-electron chi connectivity index (χ2n) is 5.93. The van der Waals surface area contributed by atoms with E-state index in [1.807, 2.05) is 24.3 Å². The number of rotatable bonds is 6. The number of anilines is 1. The van der Waals surface area contributed by atoms with E-state index in [0.717, 1.165) is 17.7 Å². The summed E-state index contributed by atoms with van der Waals surface area (Å²) in [5.74, 6) is 0.827. The third kappa shape index (κ3) is 4.26. The Kier molecular flexibility index (Phi) is 5.45. The lowest BCUT2D eigenvalue weighted by molar-refractivity contribution is -0.121. The van der Waals surface area contributed by atoms with Gasteiger partial charge in [0.15, 0.2) is 0 Å². The zero-order chi connectivity index (χ0) is 14.4. The molecule has 110 valence electrons. The van der Waals surface area contributed by atoms with Gasteiger partial charge in [-0.05, 0) is 42.9 Å². The third-order valence-electron chi connectivity index (χ3n) is 4.28. The fourth-order valence-electron chi connectivity index (χ4n) is 3.12. The molecule has 0 saturated heterocycles. The molecule has 1 saturated carbocycles. The van der Waals surface area contributed by atoms with Gasteiger partial charge in [0, 0.05) is 11.7 Å². The van der Waals surface area contributed by atoms with Crippen molar-refractivity contribution < 1.29 is 4.79 Å². The lowest BCUT2D eigenvalue weighted by Gasteiger charge is -2.21. The number of nitrogen functional groups attached to an aromatic ring is 1. The predicted octanol–water partition coefficient (Wildman–Crippen LogP) is 3.29. The minimum atomic E-state index is 0.142. The topological polar surface area (TPSA) is 55.1 Å². The monoisotopic (exact) mass is 274 g/mol. The van der Waals surface area contributed by atoms with Gasteiger partial charge in [0.1, 0.15) is 0 Å². The summed E-state index contributed by atoms with van der Waals surface area (Å²) in [5.41, 5.74) is 7.42. The number of unbranched alkanes of at least 4 members (excludes halogenated alkanes) is 1. The first-order chi connectivity index (χ1) is 9.69. The van der Waals surface area contributed by atoms with Crippen molar-refractivity contribution in [1.29, 1.82) is 0 Å². The van der Waals surface area contributed by atoms with Gasteiger partial charge in [0.25, 0.3) is 0 Å². The first kappa shape index (κ1) is 14.9. The Balaban J connectivity index is 1.82.